The van der Waals surface area contributed by atoms with Crippen LogP contribution in [0.3, 0.4) is 0 Å². The number of para-hydroxylation sites is 2. The molecule has 8 aromatic rings. The molecule has 0 aliphatic rings. The highest BCUT2D eigenvalue weighted by Crippen LogP contribution is 2.44. The van der Waals surface area contributed by atoms with Gasteiger partial charge < -0.3 is 8.98 Å². The van der Waals surface area contributed by atoms with Crippen LogP contribution in [-0.4, -0.2) is 4.57 Å². The summed E-state index contributed by atoms with van der Waals surface area (Å²) in [7, 11) is 0. The molecule has 3 heterocycles. The smallest absolute Gasteiger partial charge is 0.136 e. The van der Waals surface area contributed by atoms with E-state index in [0.29, 0.717) is 0 Å². The lowest BCUT2D eigenvalue weighted by molar-refractivity contribution is 0.669. The van der Waals surface area contributed by atoms with Crippen molar-refractivity contribution in [1.29, 1.82) is 0 Å². The Labute approximate surface area is 192 Å². The number of hydrogen-bond acceptors (Lipinski definition) is 2. The van der Waals surface area contributed by atoms with Crippen LogP contribution in [0.1, 0.15) is 0 Å². The van der Waals surface area contributed by atoms with E-state index in [1.54, 1.807) is 0 Å². The van der Waals surface area contributed by atoms with Crippen molar-refractivity contribution in [2.75, 3.05) is 0 Å². The van der Waals surface area contributed by atoms with Crippen molar-refractivity contribution in [3.63, 3.8) is 0 Å². The van der Waals surface area contributed by atoms with Crippen molar-refractivity contribution in [2.45, 2.75) is 0 Å². The van der Waals surface area contributed by atoms with Crippen LogP contribution in [0.2, 0.25) is 0 Å². The summed E-state index contributed by atoms with van der Waals surface area (Å²) in [6.45, 7) is 0. The second kappa shape index (κ2) is 6.25. The van der Waals surface area contributed by atoms with Gasteiger partial charge in [0.2, 0.25) is 0 Å². The van der Waals surface area contributed by atoms with E-state index in [1.807, 2.05) is 17.4 Å². The molecule has 2 nitrogen and oxygen atoms in total. The molecule has 0 atom stereocenters. The van der Waals surface area contributed by atoms with E-state index in [4.69, 9.17) is 4.42 Å². The Kier molecular flexibility index (Phi) is 3.31. The van der Waals surface area contributed by atoms with Gasteiger partial charge in [-0.15, -0.1) is 11.3 Å². The molecular formula is C30H17NOS. The molecule has 0 saturated heterocycles. The fourth-order valence-electron chi connectivity index (χ4n) is 5.44. The predicted molar refractivity (Wildman–Crippen MR) is 141 cm³/mol. The van der Waals surface area contributed by atoms with E-state index < -0.39 is 0 Å². The van der Waals surface area contributed by atoms with Crippen molar-refractivity contribution in [3.8, 4) is 5.69 Å². The van der Waals surface area contributed by atoms with Crippen molar-refractivity contribution in [1.82, 2.24) is 4.57 Å². The second-order valence-corrected chi connectivity index (χ2v) is 9.59. The van der Waals surface area contributed by atoms with Gasteiger partial charge in [0, 0.05) is 37.0 Å². The molecule has 0 fully saturated rings. The van der Waals surface area contributed by atoms with Crippen LogP contribution in [0, 0.1) is 0 Å². The fraction of sp³-hybridized carbons (Fsp3) is 0. The third-order valence-electron chi connectivity index (χ3n) is 6.80. The van der Waals surface area contributed by atoms with E-state index in [-0.39, 0.29) is 0 Å². The standard InChI is InChI=1S/C30H17NOS/c1-4-12-22-20(9-1)28-23(16-17-26-29(28)21-10-2-5-14-25(21)32-26)31(22)24-13-7-11-19-18-8-3-6-15-27(18)33-30(19)24/h1-17H. The number of benzene rings is 5. The second-order valence-electron chi connectivity index (χ2n) is 8.54. The van der Waals surface area contributed by atoms with Crippen LogP contribution < -0.4 is 0 Å². The maximum absolute atomic E-state index is 6.23. The lowest BCUT2D eigenvalue weighted by Crippen LogP contribution is -1.93. The van der Waals surface area contributed by atoms with Crippen LogP contribution in [0.15, 0.2) is 108 Å². The van der Waals surface area contributed by atoms with Crippen LogP contribution >= 0.6 is 11.3 Å². The molecule has 5 aromatic carbocycles. The summed E-state index contributed by atoms with van der Waals surface area (Å²) in [4.78, 5) is 0. The van der Waals surface area contributed by atoms with Gasteiger partial charge in [-0.05, 0) is 36.4 Å². The van der Waals surface area contributed by atoms with Gasteiger partial charge in [0.15, 0.2) is 0 Å². The number of furan rings is 1. The molecule has 0 aliphatic heterocycles. The SMILES string of the molecule is c1ccc2c(c1)oc1ccc3c(c4ccccc4n3-c3cccc4c3sc3ccccc34)c12. The summed E-state index contributed by atoms with van der Waals surface area (Å²) in [5.74, 6) is 0. The van der Waals surface area contributed by atoms with Crippen molar-refractivity contribution in [2.24, 2.45) is 0 Å². The van der Waals surface area contributed by atoms with Gasteiger partial charge in [-0.2, -0.15) is 0 Å². The number of aromatic nitrogens is 1. The number of nitrogens with zero attached hydrogens (tertiary/aromatic N) is 1. The number of rotatable bonds is 1. The summed E-state index contributed by atoms with van der Waals surface area (Å²) >= 11 is 1.87. The molecule has 0 spiro atoms. The van der Waals surface area contributed by atoms with Gasteiger partial charge in [-0.3, -0.25) is 0 Å². The van der Waals surface area contributed by atoms with E-state index in [0.717, 1.165) is 11.2 Å². The highest BCUT2D eigenvalue weighted by atomic mass is 32.1. The first-order valence-corrected chi connectivity index (χ1v) is 11.9. The minimum atomic E-state index is 0.934. The summed E-state index contributed by atoms with van der Waals surface area (Å²) in [5.41, 5.74) is 5.53. The van der Waals surface area contributed by atoms with Crippen molar-refractivity contribution in [3.05, 3.63) is 103 Å². The Morgan fingerprint density at radius 3 is 2.21 bits per heavy atom. The summed E-state index contributed by atoms with van der Waals surface area (Å²) in [6, 6.07) is 36.8. The van der Waals surface area contributed by atoms with E-state index in [2.05, 4.69) is 102 Å². The number of hydrogen-bond donors (Lipinski definition) is 0. The topological polar surface area (TPSA) is 18.1 Å². The maximum atomic E-state index is 6.23. The van der Waals surface area contributed by atoms with E-state index in [1.165, 1.54) is 58.4 Å². The van der Waals surface area contributed by atoms with Crippen LogP contribution in [0.25, 0.3) is 69.6 Å². The average molecular weight is 440 g/mol. The first kappa shape index (κ1) is 17.5. The molecular weight excluding hydrogens is 422 g/mol. The first-order valence-electron chi connectivity index (χ1n) is 11.1. The molecule has 3 heteroatoms. The van der Waals surface area contributed by atoms with E-state index >= 15 is 0 Å². The highest BCUT2D eigenvalue weighted by molar-refractivity contribution is 7.26. The molecule has 0 saturated carbocycles. The van der Waals surface area contributed by atoms with Gasteiger partial charge in [0.25, 0.3) is 0 Å². The molecule has 0 N–H and O–H groups in total. The largest absolute Gasteiger partial charge is 0.456 e. The molecule has 0 bridgehead atoms. The van der Waals surface area contributed by atoms with Crippen molar-refractivity contribution < 1.29 is 4.42 Å². The zero-order valence-electron chi connectivity index (χ0n) is 17.6. The molecule has 3 aromatic heterocycles. The zero-order valence-corrected chi connectivity index (χ0v) is 18.4. The third kappa shape index (κ3) is 2.22. The zero-order chi connectivity index (χ0) is 21.5. The molecule has 8 rings (SSSR count). The van der Waals surface area contributed by atoms with Crippen molar-refractivity contribution >= 4 is 75.3 Å². The maximum Gasteiger partial charge on any atom is 0.136 e. The average Bonchev–Trinajstić information content (AvgIpc) is 3.53. The monoisotopic (exact) mass is 439 g/mol. The Bertz CT molecular complexity index is 2040. The molecule has 154 valence electrons. The molecule has 0 unspecified atom stereocenters. The minimum absolute atomic E-state index is 0.934. The summed E-state index contributed by atoms with van der Waals surface area (Å²) in [5, 5.41) is 7.51. The fourth-order valence-corrected chi connectivity index (χ4v) is 6.65. The van der Waals surface area contributed by atoms with Gasteiger partial charge in [-0.25, -0.2) is 0 Å². The van der Waals surface area contributed by atoms with Crippen LogP contribution in [-0.2, 0) is 0 Å². The Balaban J connectivity index is 1.61. The number of thiophene rings is 1. The quantitative estimate of drug-likeness (QED) is 0.249. The normalized spacial score (nSPS) is 12.2. The summed E-state index contributed by atoms with van der Waals surface area (Å²) < 4.78 is 11.3. The highest BCUT2D eigenvalue weighted by Gasteiger charge is 2.20. The molecule has 0 radical (unpaired) electrons. The number of fused-ring (bicyclic) bond motifs is 10. The van der Waals surface area contributed by atoms with Gasteiger partial charge >= 0.3 is 0 Å². The van der Waals surface area contributed by atoms with Gasteiger partial charge in [0.05, 0.1) is 21.4 Å². The first-order chi connectivity index (χ1) is 16.4. The molecule has 33 heavy (non-hydrogen) atoms. The predicted octanol–water partition coefficient (Wildman–Crippen LogP) is 9.05. The van der Waals surface area contributed by atoms with E-state index in [9.17, 15) is 0 Å². The third-order valence-corrected chi connectivity index (χ3v) is 8.01. The Morgan fingerprint density at radius 1 is 0.515 bits per heavy atom. The lowest BCUT2D eigenvalue weighted by atomic mass is 10.1. The Hall–Kier alpha value is -4.08. The molecule has 0 aliphatic carbocycles. The molecule has 0 amide bonds. The van der Waals surface area contributed by atoms with Crippen LogP contribution in [0.4, 0.5) is 0 Å². The Morgan fingerprint density at radius 2 is 1.27 bits per heavy atom. The summed E-state index contributed by atoms with van der Waals surface area (Å²) in [6.07, 6.45) is 0. The van der Waals surface area contributed by atoms with Crippen LogP contribution in [0.5, 0.6) is 0 Å². The lowest BCUT2D eigenvalue weighted by Gasteiger charge is -2.09. The van der Waals surface area contributed by atoms with Gasteiger partial charge in [-0.1, -0.05) is 66.7 Å². The van der Waals surface area contributed by atoms with Gasteiger partial charge in [0.1, 0.15) is 11.2 Å². The minimum Gasteiger partial charge on any atom is -0.456 e.